The van der Waals surface area contributed by atoms with E-state index >= 15 is 0 Å². The Bertz CT molecular complexity index is 1220. The summed E-state index contributed by atoms with van der Waals surface area (Å²) < 4.78 is 5.24. The number of halogens is 4. The number of benzene rings is 2. The third-order valence-corrected chi connectivity index (χ3v) is 7.75. The summed E-state index contributed by atoms with van der Waals surface area (Å²) in [4.78, 5) is 27.0. The van der Waals surface area contributed by atoms with Crippen LogP contribution in [0.3, 0.4) is 0 Å². The summed E-state index contributed by atoms with van der Waals surface area (Å²) in [7, 11) is 0. The molecule has 0 saturated carbocycles. The van der Waals surface area contributed by atoms with Crippen LogP contribution >= 0.6 is 46.4 Å². The molecule has 0 aliphatic heterocycles. The molecule has 0 atom stereocenters. The van der Waals surface area contributed by atoms with Crippen molar-refractivity contribution in [2.24, 2.45) is 0 Å². The van der Waals surface area contributed by atoms with Crippen LogP contribution in [0.5, 0.6) is 0 Å². The molecule has 168 valence electrons. The lowest BCUT2D eigenvalue weighted by molar-refractivity contribution is 0.0937. The van der Waals surface area contributed by atoms with Gasteiger partial charge >= 0.3 is 0 Å². The van der Waals surface area contributed by atoms with Crippen molar-refractivity contribution in [1.82, 2.24) is 5.32 Å². The summed E-state index contributed by atoms with van der Waals surface area (Å²) in [5.74, 6) is -0.532. The molecule has 0 saturated heterocycles. The van der Waals surface area contributed by atoms with E-state index in [0.717, 1.165) is 27.8 Å². The first-order valence-electron chi connectivity index (χ1n) is 9.77. The molecule has 3 rings (SSSR count). The zero-order valence-electron chi connectivity index (χ0n) is 18.2. The van der Waals surface area contributed by atoms with E-state index in [0.29, 0.717) is 11.3 Å². The molecule has 1 heterocycles. The lowest BCUT2D eigenvalue weighted by Gasteiger charge is -2.20. The number of rotatable bonds is 5. The Labute approximate surface area is 206 Å². The largest absolute Gasteiger partial charge is 0.467 e. The average molecular weight is 513 g/mol. The van der Waals surface area contributed by atoms with Crippen LogP contribution in [0.1, 0.15) is 59.9 Å². The fraction of sp³-hybridized carbons (Fsp3) is 0.250. The monoisotopic (exact) mass is 511 g/mol. The van der Waals surface area contributed by atoms with Gasteiger partial charge in [0.25, 0.3) is 5.91 Å². The van der Waals surface area contributed by atoms with Crippen molar-refractivity contribution in [3.8, 4) is 0 Å². The summed E-state index contributed by atoms with van der Waals surface area (Å²) in [6.45, 7) is 9.74. The molecule has 8 heteroatoms. The molecule has 32 heavy (non-hydrogen) atoms. The summed E-state index contributed by atoms with van der Waals surface area (Å²) in [5.41, 5.74) is 4.93. The van der Waals surface area contributed by atoms with Crippen molar-refractivity contribution >= 4 is 58.1 Å². The highest BCUT2D eigenvalue weighted by molar-refractivity contribution is 6.54. The number of carbonyl (C=O) groups excluding carboxylic acids is 2. The highest BCUT2D eigenvalue weighted by atomic mass is 35.5. The van der Waals surface area contributed by atoms with E-state index in [1.54, 1.807) is 12.1 Å². The number of hydrogen-bond acceptors (Lipinski definition) is 3. The van der Waals surface area contributed by atoms with Gasteiger partial charge in [0.05, 0.1) is 44.0 Å². The molecule has 0 aliphatic carbocycles. The van der Waals surface area contributed by atoms with Crippen molar-refractivity contribution in [1.29, 1.82) is 0 Å². The Morgan fingerprint density at radius 1 is 0.750 bits per heavy atom. The molecule has 1 amide bonds. The number of nitrogens with one attached hydrogen (secondary N) is 1. The Hall–Kier alpha value is -1.98. The average Bonchev–Trinajstić information content (AvgIpc) is 3.29. The third kappa shape index (κ3) is 4.17. The zero-order valence-corrected chi connectivity index (χ0v) is 21.2. The predicted molar refractivity (Wildman–Crippen MR) is 130 cm³/mol. The normalized spacial score (nSPS) is 11.0. The van der Waals surface area contributed by atoms with E-state index in [9.17, 15) is 9.59 Å². The Morgan fingerprint density at radius 2 is 1.25 bits per heavy atom. The predicted octanol–water partition coefficient (Wildman–Crippen LogP) is 7.60. The van der Waals surface area contributed by atoms with Crippen LogP contribution in [0.15, 0.2) is 22.8 Å². The molecule has 1 N–H and O–H groups in total. The van der Waals surface area contributed by atoms with Gasteiger partial charge in [0, 0.05) is 5.56 Å². The molecule has 0 aliphatic rings. The fourth-order valence-corrected chi connectivity index (χ4v) is 4.72. The summed E-state index contributed by atoms with van der Waals surface area (Å²) in [5, 5.41) is 2.25. The topological polar surface area (TPSA) is 59.3 Å². The van der Waals surface area contributed by atoms with Crippen LogP contribution in [-0.4, -0.2) is 11.7 Å². The standard InChI is InChI=1S/C24H21Cl4NO3/c1-10-11(2)13(4)16(14(5)12(10)3)23(30)17-18(20(26)22(28)21(27)19(17)25)24(31)29-9-15-7-6-8-32-15/h6-8H,9H2,1-5H3,(H,29,31). The second-order valence-electron chi connectivity index (χ2n) is 7.60. The van der Waals surface area contributed by atoms with E-state index in [-0.39, 0.29) is 37.8 Å². The molecular weight excluding hydrogens is 492 g/mol. The van der Waals surface area contributed by atoms with Crippen LogP contribution in [0.25, 0.3) is 0 Å². The maximum absolute atomic E-state index is 13.9. The van der Waals surface area contributed by atoms with E-state index < -0.39 is 11.7 Å². The second-order valence-corrected chi connectivity index (χ2v) is 9.11. The molecule has 4 nitrogen and oxygen atoms in total. The van der Waals surface area contributed by atoms with Gasteiger partial charge in [0.15, 0.2) is 5.78 Å². The molecule has 0 radical (unpaired) electrons. The van der Waals surface area contributed by atoms with Gasteiger partial charge in [-0.1, -0.05) is 46.4 Å². The third-order valence-electron chi connectivity index (χ3n) is 5.95. The minimum Gasteiger partial charge on any atom is -0.467 e. The van der Waals surface area contributed by atoms with Gasteiger partial charge in [-0.2, -0.15) is 0 Å². The van der Waals surface area contributed by atoms with Gasteiger partial charge < -0.3 is 9.73 Å². The molecule has 0 spiro atoms. The van der Waals surface area contributed by atoms with Crippen molar-refractivity contribution in [3.63, 3.8) is 0 Å². The molecular formula is C24H21Cl4NO3. The van der Waals surface area contributed by atoms with Crippen molar-refractivity contribution < 1.29 is 14.0 Å². The van der Waals surface area contributed by atoms with E-state index in [2.05, 4.69) is 5.32 Å². The number of ketones is 1. The first kappa shape index (κ1) is 24.7. The minimum absolute atomic E-state index is 0.0832. The quantitative estimate of drug-likeness (QED) is 0.217. The van der Waals surface area contributed by atoms with Crippen LogP contribution in [-0.2, 0) is 6.54 Å². The van der Waals surface area contributed by atoms with Gasteiger partial charge in [-0.15, -0.1) is 0 Å². The maximum atomic E-state index is 13.9. The number of hydrogen-bond donors (Lipinski definition) is 1. The van der Waals surface area contributed by atoms with Gasteiger partial charge in [0.2, 0.25) is 0 Å². The fourth-order valence-electron chi connectivity index (χ4n) is 3.69. The molecule has 0 unspecified atom stereocenters. The molecule has 3 aromatic rings. The van der Waals surface area contributed by atoms with Gasteiger partial charge in [0.1, 0.15) is 5.76 Å². The highest BCUT2D eigenvalue weighted by Gasteiger charge is 2.31. The Balaban J connectivity index is 2.22. The van der Waals surface area contributed by atoms with E-state index in [1.807, 2.05) is 34.6 Å². The molecule has 0 fully saturated rings. The Kier molecular flexibility index (Phi) is 7.31. The van der Waals surface area contributed by atoms with Crippen LogP contribution < -0.4 is 5.32 Å². The van der Waals surface area contributed by atoms with Gasteiger partial charge in [-0.05, 0) is 74.6 Å². The first-order chi connectivity index (χ1) is 15.0. The molecule has 0 bridgehead atoms. The van der Waals surface area contributed by atoms with Crippen LogP contribution in [0.4, 0.5) is 0 Å². The van der Waals surface area contributed by atoms with Gasteiger partial charge in [-0.3, -0.25) is 9.59 Å². The number of carbonyl (C=O) groups is 2. The zero-order chi connectivity index (χ0) is 23.9. The van der Waals surface area contributed by atoms with Crippen molar-refractivity contribution in [2.75, 3.05) is 0 Å². The lowest BCUT2D eigenvalue weighted by atomic mass is 9.85. The summed E-state index contributed by atoms with van der Waals surface area (Å²) in [6, 6.07) is 3.41. The molecule has 1 aromatic heterocycles. The second kappa shape index (κ2) is 9.48. The van der Waals surface area contributed by atoms with Crippen molar-refractivity contribution in [3.05, 3.63) is 88.8 Å². The first-order valence-corrected chi connectivity index (χ1v) is 11.3. The SMILES string of the molecule is Cc1c(C)c(C)c(C(=O)c2c(Cl)c(Cl)c(Cl)c(Cl)c2C(=O)NCc2ccco2)c(C)c1C. The Morgan fingerprint density at radius 3 is 1.75 bits per heavy atom. The minimum atomic E-state index is -0.619. The maximum Gasteiger partial charge on any atom is 0.254 e. The number of amides is 1. The van der Waals surface area contributed by atoms with Crippen molar-refractivity contribution in [2.45, 2.75) is 41.2 Å². The molecule has 2 aromatic carbocycles. The lowest BCUT2D eigenvalue weighted by Crippen LogP contribution is -2.26. The smallest absolute Gasteiger partial charge is 0.254 e. The van der Waals surface area contributed by atoms with Crippen LogP contribution in [0.2, 0.25) is 20.1 Å². The number of furan rings is 1. The summed E-state index contributed by atoms with van der Waals surface area (Å²) >= 11 is 25.4. The highest BCUT2D eigenvalue weighted by Crippen LogP contribution is 2.43. The summed E-state index contributed by atoms with van der Waals surface area (Å²) in [6.07, 6.45) is 1.49. The van der Waals surface area contributed by atoms with E-state index in [4.69, 9.17) is 50.8 Å². The van der Waals surface area contributed by atoms with Crippen LogP contribution in [0, 0.1) is 34.6 Å². The van der Waals surface area contributed by atoms with E-state index in [1.165, 1.54) is 6.26 Å². The van der Waals surface area contributed by atoms with Gasteiger partial charge in [-0.25, -0.2) is 0 Å².